The van der Waals surface area contributed by atoms with Gasteiger partial charge in [-0.15, -0.1) is 0 Å². The molecule has 0 aliphatic carbocycles. The number of benzene rings is 1. The zero-order chi connectivity index (χ0) is 20.6. The summed E-state index contributed by atoms with van der Waals surface area (Å²) in [6.07, 6.45) is 3.79. The number of carbonyl (C=O) groups is 1. The average molecular weight is 413 g/mol. The summed E-state index contributed by atoms with van der Waals surface area (Å²) in [5.41, 5.74) is 5.19. The fourth-order valence-electron chi connectivity index (χ4n) is 4.66. The minimum absolute atomic E-state index is 0.0482. The van der Waals surface area contributed by atoms with Crippen molar-refractivity contribution >= 4 is 21.2 Å². The van der Waals surface area contributed by atoms with Crippen LogP contribution in [0.2, 0.25) is 0 Å². The third-order valence-electron chi connectivity index (χ3n) is 6.16. The number of rotatable bonds is 5. The number of aromatic nitrogens is 1. The van der Waals surface area contributed by atoms with Crippen molar-refractivity contribution in [2.24, 2.45) is 0 Å². The number of aryl methyl sites for hydroxylation is 1. The fourth-order valence-corrected chi connectivity index (χ4v) is 6.36. The highest BCUT2D eigenvalue weighted by Crippen LogP contribution is 2.29. The summed E-state index contributed by atoms with van der Waals surface area (Å²) >= 11 is 0. The number of carbonyl (C=O) groups excluding carboxylic acids is 1. The lowest BCUT2D eigenvalue weighted by Crippen LogP contribution is -2.33. The molecule has 3 heterocycles. The molecule has 0 spiro atoms. The Morgan fingerprint density at radius 1 is 1.17 bits per heavy atom. The van der Waals surface area contributed by atoms with Gasteiger partial charge in [-0.05, 0) is 43.9 Å². The third kappa shape index (κ3) is 4.23. The van der Waals surface area contributed by atoms with Crippen molar-refractivity contribution in [3.63, 3.8) is 0 Å². The molecule has 0 unspecified atom stereocenters. The number of sulfone groups is 1. The molecule has 1 atom stereocenters. The van der Waals surface area contributed by atoms with E-state index in [1.807, 2.05) is 26.0 Å². The van der Waals surface area contributed by atoms with Gasteiger partial charge in [0.15, 0.2) is 15.6 Å². The molecule has 29 heavy (non-hydrogen) atoms. The summed E-state index contributed by atoms with van der Waals surface area (Å²) in [6.45, 7) is 5.94. The van der Waals surface area contributed by atoms with Gasteiger partial charge in [0.2, 0.25) is 0 Å². The van der Waals surface area contributed by atoms with E-state index in [1.165, 1.54) is 11.1 Å². The normalized spacial score (nSPS) is 21.9. The van der Waals surface area contributed by atoms with Gasteiger partial charge in [-0.2, -0.15) is 0 Å². The smallest absolute Gasteiger partial charge is 0.178 e. The second-order valence-corrected chi connectivity index (χ2v) is 10.4. The third-order valence-corrected chi connectivity index (χ3v) is 7.91. The summed E-state index contributed by atoms with van der Waals surface area (Å²) in [7, 11) is -2.96. The molecule has 1 saturated heterocycles. The van der Waals surface area contributed by atoms with Crippen LogP contribution in [0.3, 0.4) is 0 Å². The fraction of sp³-hybridized carbons (Fsp3) is 0.435. The highest BCUT2D eigenvalue weighted by molar-refractivity contribution is 7.91. The molecule has 0 bridgehead atoms. The molecule has 0 saturated carbocycles. The Morgan fingerprint density at radius 3 is 2.55 bits per heavy atom. The van der Waals surface area contributed by atoms with Gasteiger partial charge < -0.3 is 4.57 Å². The molecule has 0 radical (unpaired) electrons. The Hall–Kier alpha value is -2.18. The largest absolute Gasteiger partial charge is 0.344 e. The van der Waals surface area contributed by atoms with Crippen molar-refractivity contribution in [1.82, 2.24) is 9.47 Å². The summed E-state index contributed by atoms with van der Waals surface area (Å²) in [5.74, 6) is 0.527. The molecule has 0 amide bonds. The molecule has 1 aromatic carbocycles. The second-order valence-electron chi connectivity index (χ2n) is 8.22. The highest BCUT2D eigenvalue weighted by atomic mass is 32.2. The minimum Gasteiger partial charge on any atom is -0.344 e. The van der Waals surface area contributed by atoms with E-state index in [-0.39, 0.29) is 23.3 Å². The zero-order valence-corrected chi connectivity index (χ0v) is 17.9. The second kappa shape index (κ2) is 7.92. The predicted molar refractivity (Wildman–Crippen MR) is 116 cm³/mol. The lowest BCUT2D eigenvalue weighted by molar-refractivity contribution is 0.0937. The first-order valence-electron chi connectivity index (χ1n) is 10.2. The first-order valence-corrected chi connectivity index (χ1v) is 12.0. The van der Waals surface area contributed by atoms with Crippen LogP contribution in [0.1, 0.15) is 46.2 Å². The van der Waals surface area contributed by atoms with Crippen LogP contribution < -0.4 is 0 Å². The molecule has 6 heteroatoms. The summed E-state index contributed by atoms with van der Waals surface area (Å²) in [4.78, 5) is 15.2. The SMILES string of the molecule is Cc1cc(C(=O)CN2CC=C(c3ccccc3)CC2)c(C)n1[C@@H]1CCS(=O)(=O)C1. The van der Waals surface area contributed by atoms with Crippen molar-refractivity contribution in [3.8, 4) is 0 Å². The molecule has 2 aromatic rings. The number of Topliss-reactive ketones (excluding diaryl/α,β-unsaturated/α-hetero) is 1. The lowest BCUT2D eigenvalue weighted by Gasteiger charge is -2.26. The van der Waals surface area contributed by atoms with Crippen LogP contribution >= 0.6 is 0 Å². The van der Waals surface area contributed by atoms with Gasteiger partial charge in [-0.1, -0.05) is 36.4 Å². The van der Waals surface area contributed by atoms with Crippen molar-refractivity contribution in [3.05, 3.63) is 65.0 Å². The molecule has 4 rings (SSSR count). The van der Waals surface area contributed by atoms with Gasteiger partial charge in [0.1, 0.15) is 0 Å². The molecule has 154 valence electrons. The van der Waals surface area contributed by atoms with Gasteiger partial charge in [0.05, 0.1) is 18.1 Å². The lowest BCUT2D eigenvalue weighted by atomic mass is 9.99. The van der Waals surface area contributed by atoms with Crippen LogP contribution in [0.15, 0.2) is 42.5 Å². The maximum atomic E-state index is 13.0. The van der Waals surface area contributed by atoms with Crippen LogP contribution in [0.4, 0.5) is 0 Å². The number of hydrogen-bond acceptors (Lipinski definition) is 4. The molecule has 0 N–H and O–H groups in total. The minimum atomic E-state index is -2.96. The standard InChI is InChI=1S/C23H28N2O3S/c1-17-14-22(18(2)25(17)21-10-13-29(27,28)16-21)23(26)15-24-11-8-20(9-12-24)19-6-4-3-5-7-19/h3-8,14,21H,9-13,15-16H2,1-2H3/t21-/m1/s1. The zero-order valence-electron chi connectivity index (χ0n) is 17.1. The molecule has 2 aliphatic rings. The van der Waals surface area contributed by atoms with Crippen molar-refractivity contribution in [1.29, 1.82) is 0 Å². The predicted octanol–water partition coefficient (Wildman–Crippen LogP) is 3.44. The molecule has 1 fully saturated rings. The van der Waals surface area contributed by atoms with E-state index < -0.39 is 9.84 Å². The van der Waals surface area contributed by atoms with Crippen LogP contribution in [-0.2, 0) is 9.84 Å². The quantitative estimate of drug-likeness (QED) is 0.706. The van der Waals surface area contributed by atoms with Gasteiger partial charge in [0.25, 0.3) is 0 Å². The van der Waals surface area contributed by atoms with Crippen molar-refractivity contribution in [2.45, 2.75) is 32.7 Å². The molecule has 1 aromatic heterocycles. The van der Waals surface area contributed by atoms with Gasteiger partial charge in [-0.25, -0.2) is 8.42 Å². The molecular formula is C23H28N2O3S. The highest BCUT2D eigenvalue weighted by Gasteiger charge is 2.31. The Bertz CT molecular complexity index is 1050. The van der Waals surface area contributed by atoms with E-state index in [0.29, 0.717) is 13.0 Å². The Labute approximate surface area is 172 Å². The van der Waals surface area contributed by atoms with Crippen molar-refractivity contribution < 1.29 is 13.2 Å². The first-order chi connectivity index (χ1) is 13.8. The van der Waals surface area contributed by atoms with E-state index in [2.05, 4.69) is 39.8 Å². The molecule has 2 aliphatic heterocycles. The van der Waals surface area contributed by atoms with E-state index in [4.69, 9.17) is 0 Å². The number of hydrogen-bond donors (Lipinski definition) is 0. The summed E-state index contributed by atoms with van der Waals surface area (Å²) in [5, 5.41) is 0. The van der Waals surface area contributed by atoms with E-state index in [1.54, 1.807) is 0 Å². The maximum Gasteiger partial charge on any atom is 0.178 e. The van der Waals surface area contributed by atoms with E-state index in [9.17, 15) is 13.2 Å². The Kier molecular flexibility index (Phi) is 5.49. The summed E-state index contributed by atoms with van der Waals surface area (Å²) in [6, 6.07) is 12.3. The molecular weight excluding hydrogens is 384 g/mol. The van der Waals surface area contributed by atoms with E-state index >= 15 is 0 Å². The van der Waals surface area contributed by atoms with Crippen LogP contribution in [-0.4, -0.2) is 54.8 Å². The Balaban J connectivity index is 1.45. The van der Waals surface area contributed by atoms with Gasteiger partial charge >= 0.3 is 0 Å². The van der Waals surface area contributed by atoms with Gasteiger partial charge in [0, 0.05) is 36.1 Å². The first kappa shape index (κ1) is 20.1. The van der Waals surface area contributed by atoms with E-state index in [0.717, 1.165) is 36.5 Å². The van der Waals surface area contributed by atoms with Crippen LogP contribution in [0.5, 0.6) is 0 Å². The van der Waals surface area contributed by atoms with Crippen LogP contribution in [0, 0.1) is 13.8 Å². The Morgan fingerprint density at radius 2 is 1.93 bits per heavy atom. The topological polar surface area (TPSA) is 59.4 Å². The maximum absolute atomic E-state index is 13.0. The summed E-state index contributed by atoms with van der Waals surface area (Å²) < 4.78 is 25.8. The number of ketones is 1. The number of nitrogens with zero attached hydrogens (tertiary/aromatic N) is 2. The van der Waals surface area contributed by atoms with Crippen LogP contribution in [0.25, 0.3) is 5.57 Å². The average Bonchev–Trinajstić information content (AvgIpc) is 3.21. The van der Waals surface area contributed by atoms with Crippen molar-refractivity contribution in [2.75, 3.05) is 31.1 Å². The molecule has 5 nitrogen and oxygen atoms in total. The van der Waals surface area contributed by atoms with Gasteiger partial charge in [-0.3, -0.25) is 9.69 Å². The monoisotopic (exact) mass is 412 g/mol.